The van der Waals surface area contributed by atoms with E-state index in [1.807, 2.05) is 18.1 Å². The molecule has 1 atom stereocenters. The molecule has 0 aliphatic carbocycles. The Bertz CT molecular complexity index is 555. The smallest absolute Gasteiger partial charge is 0.317 e. The van der Waals surface area contributed by atoms with Crippen molar-refractivity contribution in [2.45, 2.75) is 39.7 Å². The van der Waals surface area contributed by atoms with Gasteiger partial charge in [0, 0.05) is 51.4 Å². The van der Waals surface area contributed by atoms with Crippen LogP contribution in [0.5, 0.6) is 0 Å². The normalized spacial score (nSPS) is 17.8. The van der Waals surface area contributed by atoms with Crippen LogP contribution in [0.25, 0.3) is 0 Å². The average molecular weight is 335 g/mol. The number of nitrogens with zero attached hydrogens (tertiary/aromatic N) is 3. The number of carbonyl (C=O) groups excluding carboxylic acids is 2. The summed E-state index contributed by atoms with van der Waals surface area (Å²) in [5.74, 6) is 0.707. The Kier molecular flexibility index (Phi) is 6.63. The van der Waals surface area contributed by atoms with Crippen LogP contribution in [0.2, 0.25) is 0 Å². The Morgan fingerprint density at radius 2 is 2.17 bits per heavy atom. The molecule has 2 rings (SSSR count). The maximum absolute atomic E-state index is 12.2. The summed E-state index contributed by atoms with van der Waals surface area (Å²) in [6, 6.07) is -0.0100. The first-order valence-corrected chi connectivity index (χ1v) is 8.71. The van der Waals surface area contributed by atoms with Gasteiger partial charge in [-0.2, -0.15) is 5.10 Å². The van der Waals surface area contributed by atoms with E-state index in [-0.39, 0.29) is 17.9 Å². The minimum absolute atomic E-state index is 0.0100. The molecule has 0 unspecified atom stereocenters. The maximum Gasteiger partial charge on any atom is 0.317 e. The van der Waals surface area contributed by atoms with Gasteiger partial charge in [0.15, 0.2) is 0 Å². The first-order valence-electron chi connectivity index (χ1n) is 8.71. The second kappa shape index (κ2) is 8.70. The molecular weight excluding hydrogens is 306 g/mol. The molecule has 0 radical (unpaired) electrons. The van der Waals surface area contributed by atoms with Crippen LogP contribution in [0.15, 0.2) is 12.4 Å². The summed E-state index contributed by atoms with van der Waals surface area (Å²) in [6.07, 6.45) is 6.06. The molecule has 0 bridgehead atoms. The van der Waals surface area contributed by atoms with Gasteiger partial charge in [0.2, 0.25) is 5.91 Å². The van der Waals surface area contributed by atoms with Crippen molar-refractivity contribution >= 4 is 11.9 Å². The van der Waals surface area contributed by atoms with E-state index >= 15 is 0 Å². The highest BCUT2D eigenvalue weighted by atomic mass is 16.2. The zero-order chi connectivity index (χ0) is 17.5. The van der Waals surface area contributed by atoms with Crippen LogP contribution in [0.3, 0.4) is 0 Å². The monoisotopic (exact) mass is 335 g/mol. The van der Waals surface area contributed by atoms with Gasteiger partial charge in [-0.3, -0.25) is 9.48 Å². The van der Waals surface area contributed by atoms with Crippen molar-refractivity contribution in [2.24, 2.45) is 18.9 Å². The van der Waals surface area contributed by atoms with E-state index in [1.165, 1.54) is 0 Å². The molecule has 1 aromatic rings. The molecule has 1 fully saturated rings. The van der Waals surface area contributed by atoms with Crippen LogP contribution in [0, 0.1) is 11.8 Å². The van der Waals surface area contributed by atoms with E-state index in [0.717, 1.165) is 24.9 Å². The molecule has 7 nitrogen and oxygen atoms in total. The summed E-state index contributed by atoms with van der Waals surface area (Å²) in [5, 5.41) is 9.97. The molecule has 1 aromatic heterocycles. The Morgan fingerprint density at radius 1 is 1.38 bits per heavy atom. The van der Waals surface area contributed by atoms with E-state index in [4.69, 9.17) is 0 Å². The van der Waals surface area contributed by atoms with Crippen molar-refractivity contribution < 1.29 is 9.59 Å². The van der Waals surface area contributed by atoms with Crippen LogP contribution in [-0.4, -0.2) is 46.3 Å². The van der Waals surface area contributed by atoms with Crippen molar-refractivity contribution in [1.29, 1.82) is 0 Å². The number of aryl methyl sites for hydroxylation is 1. The third-order valence-electron chi connectivity index (χ3n) is 4.19. The summed E-state index contributed by atoms with van der Waals surface area (Å²) >= 11 is 0. The predicted octanol–water partition coefficient (Wildman–Crippen LogP) is 1.50. The summed E-state index contributed by atoms with van der Waals surface area (Å²) < 4.78 is 1.72. The number of urea groups is 1. The molecule has 24 heavy (non-hydrogen) atoms. The van der Waals surface area contributed by atoms with E-state index in [1.54, 1.807) is 10.9 Å². The number of hydrogen-bond acceptors (Lipinski definition) is 3. The second-order valence-corrected chi connectivity index (χ2v) is 7.04. The number of carbonyl (C=O) groups is 2. The van der Waals surface area contributed by atoms with Gasteiger partial charge in [-0.1, -0.05) is 13.8 Å². The number of hydrogen-bond donors (Lipinski definition) is 2. The number of rotatable bonds is 6. The molecule has 2 heterocycles. The average Bonchev–Trinajstić information content (AvgIpc) is 2.96. The van der Waals surface area contributed by atoms with Crippen LogP contribution in [0.4, 0.5) is 4.79 Å². The van der Waals surface area contributed by atoms with Gasteiger partial charge in [0.25, 0.3) is 0 Å². The van der Waals surface area contributed by atoms with Gasteiger partial charge in [-0.05, 0) is 24.7 Å². The Labute approximate surface area is 143 Å². The summed E-state index contributed by atoms with van der Waals surface area (Å²) in [6.45, 7) is 6.77. The van der Waals surface area contributed by atoms with Crippen molar-refractivity contribution in [3.8, 4) is 0 Å². The molecule has 1 saturated heterocycles. The summed E-state index contributed by atoms with van der Waals surface area (Å²) in [5.41, 5.74) is 0.990. The lowest BCUT2D eigenvalue weighted by molar-refractivity contribution is -0.122. The Morgan fingerprint density at radius 3 is 2.83 bits per heavy atom. The highest BCUT2D eigenvalue weighted by Crippen LogP contribution is 2.19. The standard InChI is InChI=1S/C17H29N5O2/c1-13(2)8-19-17(24)22-6-4-5-14(12-22)7-16(23)18-9-15-10-20-21(3)11-15/h10-11,13-14H,4-9,12H2,1-3H3,(H,18,23)(H,19,24)/t14-/m1/s1. The number of likely N-dealkylation sites (tertiary alicyclic amines) is 1. The van der Waals surface area contributed by atoms with E-state index in [2.05, 4.69) is 29.6 Å². The number of aromatic nitrogens is 2. The van der Waals surface area contributed by atoms with Gasteiger partial charge < -0.3 is 15.5 Å². The van der Waals surface area contributed by atoms with Gasteiger partial charge in [-0.15, -0.1) is 0 Å². The van der Waals surface area contributed by atoms with Gasteiger partial charge in [0.1, 0.15) is 0 Å². The molecule has 3 amide bonds. The van der Waals surface area contributed by atoms with Gasteiger partial charge in [-0.25, -0.2) is 4.79 Å². The van der Waals surface area contributed by atoms with E-state index in [0.29, 0.717) is 32.0 Å². The first kappa shape index (κ1) is 18.3. The third-order valence-corrected chi connectivity index (χ3v) is 4.19. The SMILES string of the molecule is CC(C)CNC(=O)N1CCC[C@H](CC(=O)NCc2cnn(C)c2)C1. The topological polar surface area (TPSA) is 79.3 Å². The summed E-state index contributed by atoms with van der Waals surface area (Å²) in [4.78, 5) is 26.1. The molecular formula is C17H29N5O2. The molecule has 134 valence electrons. The molecule has 0 saturated carbocycles. The Hall–Kier alpha value is -2.05. The fourth-order valence-electron chi connectivity index (χ4n) is 2.92. The van der Waals surface area contributed by atoms with Crippen LogP contribution in [0.1, 0.15) is 38.7 Å². The highest BCUT2D eigenvalue weighted by Gasteiger charge is 2.25. The van der Waals surface area contributed by atoms with Crippen LogP contribution >= 0.6 is 0 Å². The largest absolute Gasteiger partial charge is 0.352 e. The fourth-order valence-corrected chi connectivity index (χ4v) is 2.92. The minimum atomic E-state index is -0.0100. The Balaban J connectivity index is 1.73. The lowest BCUT2D eigenvalue weighted by Crippen LogP contribution is -2.47. The number of nitrogens with one attached hydrogen (secondary N) is 2. The first-order chi connectivity index (χ1) is 11.4. The quantitative estimate of drug-likeness (QED) is 0.827. The molecule has 2 N–H and O–H groups in total. The second-order valence-electron chi connectivity index (χ2n) is 7.04. The van der Waals surface area contributed by atoms with Crippen molar-refractivity contribution in [3.63, 3.8) is 0 Å². The minimum Gasteiger partial charge on any atom is -0.352 e. The van der Waals surface area contributed by atoms with E-state index in [9.17, 15) is 9.59 Å². The number of piperidine rings is 1. The molecule has 1 aliphatic rings. The third kappa shape index (κ3) is 5.86. The molecule has 0 spiro atoms. The predicted molar refractivity (Wildman–Crippen MR) is 92.2 cm³/mol. The van der Waals surface area contributed by atoms with Crippen LogP contribution in [-0.2, 0) is 18.4 Å². The fraction of sp³-hybridized carbons (Fsp3) is 0.706. The molecule has 7 heteroatoms. The lowest BCUT2D eigenvalue weighted by Gasteiger charge is -2.32. The zero-order valence-electron chi connectivity index (χ0n) is 14.9. The van der Waals surface area contributed by atoms with Gasteiger partial charge in [0.05, 0.1) is 6.20 Å². The lowest BCUT2D eigenvalue weighted by atomic mass is 9.94. The van der Waals surface area contributed by atoms with Crippen LogP contribution < -0.4 is 10.6 Å². The highest BCUT2D eigenvalue weighted by molar-refractivity contribution is 5.77. The molecule has 1 aliphatic heterocycles. The number of amides is 3. The van der Waals surface area contributed by atoms with Crippen molar-refractivity contribution in [1.82, 2.24) is 25.3 Å². The zero-order valence-corrected chi connectivity index (χ0v) is 14.9. The van der Waals surface area contributed by atoms with E-state index < -0.39 is 0 Å². The van der Waals surface area contributed by atoms with Gasteiger partial charge >= 0.3 is 6.03 Å². The maximum atomic E-state index is 12.2. The van der Waals surface area contributed by atoms with Crippen molar-refractivity contribution in [3.05, 3.63) is 18.0 Å². The summed E-state index contributed by atoms with van der Waals surface area (Å²) in [7, 11) is 1.85. The molecule has 0 aromatic carbocycles. The van der Waals surface area contributed by atoms with Crippen molar-refractivity contribution in [2.75, 3.05) is 19.6 Å².